The van der Waals surface area contributed by atoms with Crippen LogP contribution in [0.5, 0.6) is 11.5 Å². The van der Waals surface area contributed by atoms with E-state index in [0.29, 0.717) is 37.4 Å². The Balaban J connectivity index is 1.71. The molecule has 0 aliphatic carbocycles. The average molecular weight is 428 g/mol. The SMILES string of the molecule is COc1ccc(C2=NC3(CCN(C(C)=O)CC3)N[C@H](c3cc(Cl)ccc3O)C2)cc1. The summed E-state index contributed by atoms with van der Waals surface area (Å²) in [5, 5.41) is 14.8. The van der Waals surface area contributed by atoms with Gasteiger partial charge in [0.1, 0.15) is 17.2 Å². The monoisotopic (exact) mass is 427 g/mol. The number of methoxy groups -OCH3 is 1. The minimum Gasteiger partial charge on any atom is -0.508 e. The molecule has 1 amide bonds. The molecule has 4 rings (SSSR count). The Morgan fingerprint density at radius 3 is 2.57 bits per heavy atom. The maximum atomic E-state index is 11.8. The molecular weight excluding hydrogens is 402 g/mol. The number of likely N-dealkylation sites (tertiary alicyclic amines) is 1. The smallest absolute Gasteiger partial charge is 0.219 e. The van der Waals surface area contributed by atoms with E-state index in [1.54, 1.807) is 26.2 Å². The standard InChI is InChI=1S/C23H26ClN3O3/c1-15(28)27-11-9-23(10-12-27)25-20(16-3-6-18(30-2)7-4-16)14-21(26-23)19-13-17(24)5-8-22(19)29/h3-8,13,21,26,29H,9-12,14H2,1-2H3/t21-/m0/s1. The predicted octanol–water partition coefficient (Wildman–Crippen LogP) is 3.92. The molecule has 2 aromatic carbocycles. The highest BCUT2D eigenvalue weighted by Gasteiger charge is 2.41. The molecule has 158 valence electrons. The zero-order chi connectivity index (χ0) is 21.3. The Hall–Kier alpha value is -2.57. The molecule has 0 saturated carbocycles. The van der Waals surface area contributed by atoms with E-state index in [1.165, 1.54) is 0 Å². The van der Waals surface area contributed by atoms with Gasteiger partial charge in [-0.3, -0.25) is 15.1 Å². The predicted molar refractivity (Wildman–Crippen MR) is 117 cm³/mol. The average Bonchev–Trinajstić information content (AvgIpc) is 2.75. The molecule has 2 aliphatic heterocycles. The third kappa shape index (κ3) is 4.16. The molecule has 1 spiro atoms. The van der Waals surface area contributed by atoms with Gasteiger partial charge in [0, 0.05) is 61.6 Å². The molecule has 7 heteroatoms. The van der Waals surface area contributed by atoms with Gasteiger partial charge in [0.05, 0.1) is 7.11 Å². The lowest BCUT2D eigenvalue weighted by molar-refractivity contribution is -0.130. The number of nitrogens with zero attached hydrogens (tertiary/aromatic N) is 2. The van der Waals surface area contributed by atoms with Crippen LogP contribution in [0.4, 0.5) is 0 Å². The third-order valence-corrected chi connectivity index (χ3v) is 6.25. The summed E-state index contributed by atoms with van der Waals surface area (Å²) < 4.78 is 5.28. The van der Waals surface area contributed by atoms with Crippen LogP contribution in [0, 0.1) is 0 Å². The molecule has 1 saturated heterocycles. The fourth-order valence-electron chi connectivity index (χ4n) is 4.31. The number of nitrogens with one attached hydrogen (secondary N) is 1. The van der Waals surface area contributed by atoms with Crippen molar-refractivity contribution in [3.05, 3.63) is 58.6 Å². The minimum atomic E-state index is -0.487. The molecular formula is C23H26ClN3O3. The number of rotatable bonds is 3. The molecule has 2 aliphatic rings. The molecule has 0 radical (unpaired) electrons. The van der Waals surface area contributed by atoms with Crippen molar-refractivity contribution >= 4 is 23.2 Å². The van der Waals surface area contributed by atoms with Crippen LogP contribution < -0.4 is 10.1 Å². The quantitative estimate of drug-likeness (QED) is 0.778. The van der Waals surface area contributed by atoms with Gasteiger partial charge in [-0.25, -0.2) is 0 Å². The van der Waals surface area contributed by atoms with E-state index in [1.807, 2.05) is 35.2 Å². The summed E-state index contributed by atoms with van der Waals surface area (Å²) in [4.78, 5) is 18.8. The van der Waals surface area contributed by atoms with Crippen LogP contribution in [0.2, 0.25) is 5.02 Å². The summed E-state index contributed by atoms with van der Waals surface area (Å²) in [5.41, 5.74) is 2.27. The summed E-state index contributed by atoms with van der Waals surface area (Å²) in [7, 11) is 1.65. The van der Waals surface area contributed by atoms with E-state index < -0.39 is 5.66 Å². The lowest BCUT2D eigenvalue weighted by atomic mass is 9.87. The minimum absolute atomic E-state index is 0.0871. The fourth-order valence-corrected chi connectivity index (χ4v) is 4.49. The molecule has 2 N–H and O–H groups in total. The largest absolute Gasteiger partial charge is 0.508 e. The molecule has 0 unspecified atom stereocenters. The van der Waals surface area contributed by atoms with E-state index in [0.717, 1.165) is 22.6 Å². The second-order valence-electron chi connectivity index (χ2n) is 7.93. The first-order valence-corrected chi connectivity index (χ1v) is 10.5. The summed E-state index contributed by atoms with van der Waals surface area (Å²) in [6.45, 7) is 2.90. The van der Waals surface area contributed by atoms with E-state index in [2.05, 4.69) is 5.32 Å². The number of ether oxygens (including phenoxy) is 1. The van der Waals surface area contributed by atoms with Gasteiger partial charge in [-0.05, 0) is 48.0 Å². The van der Waals surface area contributed by atoms with Crippen LogP contribution in [-0.2, 0) is 4.79 Å². The number of hydrogen-bond acceptors (Lipinski definition) is 5. The number of carbonyl (C=O) groups excluding carboxylic acids is 1. The number of carbonyl (C=O) groups is 1. The van der Waals surface area contributed by atoms with E-state index in [-0.39, 0.29) is 17.7 Å². The third-order valence-electron chi connectivity index (χ3n) is 6.01. The summed E-state index contributed by atoms with van der Waals surface area (Å²) in [5.74, 6) is 1.09. The Morgan fingerprint density at radius 2 is 1.93 bits per heavy atom. The van der Waals surface area contributed by atoms with Crippen molar-refractivity contribution in [2.75, 3.05) is 20.2 Å². The maximum Gasteiger partial charge on any atom is 0.219 e. The number of piperidine rings is 1. The van der Waals surface area contributed by atoms with Crippen LogP contribution in [0.3, 0.4) is 0 Å². The highest BCUT2D eigenvalue weighted by atomic mass is 35.5. The molecule has 0 bridgehead atoms. The van der Waals surface area contributed by atoms with Crippen molar-refractivity contribution < 1.29 is 14.6 Å². The first kappa shape index (κ1) is 20.7. The van der Waals surface area contributed by atoms with Gasteiger partial charge in [-0.2, -0.15) is 0 Å². The zero-order valence-electron chi connectivity index (χ0n) is 17.2. The molecule has 0 aromatic heterocycles. The lowest BCUT2D eigenvalue weighted by Crippen LogP contribution is -2.56. The second-order valence-corrected chi connectivity index (χ2v) is 8.37. The van der Waals surface area contributed by atoms with Crippen LogP contribution in [0.1, 0.15) is 43.4 Å². The Labute approximate surface area is 181 Å². The number of amides is 1. The maximum absolute atomic E-state index is 11.8. The van der Waals surface area contributed by atoms with Crippen molar-refractivity contribution in [2.24, 2.45) is 4.99 Å². The van der Waals surface area contributed by atoms with E-state index in [4.69, 9.17) is 21.3 Å². The van der Waals surface area contributed by atoms with Crippen molar-refractivity contribution in [2.45, 2.75) is 37.9 Å². The van der Waals surface area contributed by atoms with E-state index in [9.17, 15) is 9.90 Å². The number of benzene rings is 2. The number of aliphatic imine (C=N–C) groups is 1. The molecule has 30 heavy (non-hydrogen) atoms. The zero-order valence-corrected chi connectivity index (χ0v) is 17.9. The molecule has 1 fully saturated rings. The Bertz CT molecular complexity index is 966. The van der Waals surface area contributed by atoms with Gasteiger partial charge in [0.2, 0.25) is 5.91 Å². The lowest BCUT2D eigenvalue weighted by Gasteiger charge is -2.45. The second kappa shape index (κ2) is 8.28. The normalized spacial score (nSPS) is 20.7. The van der Waals surface area contributed by atoms with Gasteiger partial charge in [-0.15, -0.1) is 0 Å². The highest BCUT2D eigenvalue weighted by Crippen LogP contribution is 2.38. The fraction of sp³-hybridized carbons (Fsp3) is 0.391. The molecule has 2 aromatic rings. The van der Waals surface area contributed by atoms with Crippen LogP contribution in [-0.4, -0.2) is 47.5 Å². The Kier molecular flexibility index (Phi) is 5.71. The van der Waals surface area contributed by atoms with Gasteiger partial charge in [-0.1, -0.05) is 11.6 Å². The van der Waals surface area contributed by atoms with Crippen molar-refractivity contribution in [3.8, 4) is 11.5 Å². The summed E-state index contributed by atoms with van der Waals surface area (Å²) in [6.07, 6.45) is 2.05. The van der Waals surface area contributed by atoms with E-state index >= 15 is 0 Å². The molecule has 2 heterocycles. The Morgan fingerprint density at radius 1 is 1.23 bits per heavy atom. The van der Waals surface area contributed by atoms with Crippen molar-refractivity contribution in [3.63, 3.8) is 0 Å². The van der Waals surface area contributed by atoms with Crippen LogP contribution in [0.15, 0.2) is 47.5 Å². The first-order valence-electron chi connectivity index (χ1n) is 10.1. The van der Waals surface area contributed by atoms with Gasteiger partial charge >= 0.3 is 0 Å². The van der Waals surface area contributed by atoms with Crippen LogP contribution in [0.25, 0.3) is 0 Å². The van der Waals surface area contributed by atoms with Crippen molar-refractivity contribution in [1.82, 2.24) is 10.2 Å². The van der Waals surface area contributed by atoms with Crippen molar-refractivity contribution in [1.29, 1.82) is 0 Å². The number of hydrogen-bond donors (Lipinski definition) is 2. The van der Waals surface area contributed by atoms with Gasteiger partial charge < -0.3 is 14.7 Å². The van der Waals surface area contributed by atoms with Crippen LogP contribution >= 0.6 is 11.6 Å². The van der Waals surface area contributed by atoms with Gasteiger partial charge in [0.25, 0.3) is 0 Å². The highest BCUT2D eigenvalue weighted by molar-refractivity contribution is 6.30. The first-order chi connectivity index (χ1) is 14.4. The topological polar surface area (TPSA) is 74.2 Å². The summed E-state index contributed by atoms with van der Waals surface area (Å²) >= 11 is 6.23. The molecule has 1 atom stereocenters. The van der Waals surface area contributed by atoms with Gasteiger partial charge in [0.15, 0.2) is 0 Å². The number of aromatic hydroxyl groups is 1. The summed E-state index contributed by atoms with van der Waals surface area (Å²) in [6, 6.07) is 12.9. The number of phenols is 1. The number of halogens is 1. The number of phenolic OH excluding ortho intramolecular Hbond substituents is 1. The molecule has 6 nitrogen and oxygen atoms in total.